The van der Waals surface area contributed by atoms with Gasteiger partial charge in [0.05, 0.1) is 18.8 Å². The van der Waals surface area contributed by atoms with Gasteiger partial charge in [-0.1, -0.05) is 13.8 Å². The van der Waals surface area contributed by atoms with Crippen LogP contribution >= 0.6 is 11.8 Å². The van der Waals surface area contributed by atoms with Gasteiger partial charge in [0.2, 0.25) is 17.7 Å². The first-order chi connectivity index (χ1) is 21.6. The third-order valence-corrected chi connectivity index (χ3v) is 9.26. The van der Waals surface area contributed by atoms with Gasteiger partial charge < -0.3 is 73.3 Å². The summed E-state index contributed by atoms with van der Waals surface area (Å²) in [6.07, 6.45) is -8.55. The molecule has 3 amide bonds. The molecule has 1 unspecified atom stereocenters. The van der Waals surface area contributed by atoms with Crippen molar-refractivity contribution < 1.29 is 54.5 Å². The van der Waals surface area contributed by atoms with E-state index in [-0.39, 0.29) is 50.8 Å². The van der Waals surface area contributed by atoms with Crippen molar-refractivity contribution in [3.63, 3.8) is 0 Å². The monoisotopic (exact) mass is 682 g/mol. The molecule has 0 aromatic rings. The van der Waals surface area contributed by atoms with E-state index < -0.39 is 78.5 Å². The number of thioether (sulfide) groups is 1. The first kappa shape index (κ1) is 40.5. The second-order valence-electron chi connectivity index (χ2n) is 12.6. The molecule has 46 heavy (non-hydrogen) atoms. The van der Waals surface area contributed by atoms with E-state index in [1.807, 2.05) is 0 Å². The quantitative estimate of drug-likeness (QED) is 0.0602. The molecule has 0 aromatic carbocycles. The molecule has 2 rings (SSSR count). The van der Waals surface area contributed by atoms with Crippen LogP contribution < -0.4 is 33.2 Å². The number of ether oxygens (including phenoxy) is 2. The first-order valence-corrected chi connectivity index (χ1v) is 16.7. The molecule has 18 heteroatoms. The summed E-state index contributed by atoms with van der Waals surface area (Å²) in [6.45, 7) is 3.12. The summed E-state index contributed by atoms with van der Waals surface area (Å²) in [6, 6.07) is -2.65. The van der Waals surface area contributed by atoms with Crippen LogP contribution in [0.15, 0.2) is 0 Å². The molecular formula is C28H54N6O11S. The summed E-state index contributed by atoms with van der Waals surface area (Å²) in [5, 5.41) is 68.4. The molecule has 0 aromatic heterocycles. The van der Waals surface area contributed by atoms with Crippen LogP contribution in [-0.2, 0) is 23.9 Å². The van der Waals surface area contributed by atoms with Gasteiger partial charge >= 0.3 is 0 Å². The zero-order chi connectivity index (χ0) is 34.6. The van der Waals surface area contributed by atoms with Gasteiger partial charge in [-0.3, -0.25) is 14.4 Å². The van der Waals surface area contributed by atoms with E-state index in [2.05, 4.69) is 16.0 Å². The van der Waals surface area contributed by atoms with Crippen LogP contribution in [0.2, 0.25) is 0 Å². The number of carbonyl (C=O) groups excluding carboxylic acids is 3. The third kappa shape index (κ3) is 12.1. The average molecular weight is 683 g/mol. The lowest BCUT2D eigenvalue weighted by atomic mass is 9.84. The maximum Gasteiger partial charge on any atom is 0.249 e. The number of nitrogens with two attached hydrogens (primary N) is 3. The first-order valence-electron chi connectivity index (χ1n) is 15.6. The van der Waals surface area contributed by atoms with Crippen molar-refractivity contribution >= 4 is 29.5 Å². The van der Waals surface area contributed by atoms with E-state index in [1.54, 1.807) is 25.6 Å². The SMILES string of the molecule is CC(C)(CO)[C@@H](O)C(=O)NCCC(=O)NCCSCCCCC(=O)NC[C@H]1O[C@H](OC2[C@@H](N)C[C@@H](N)[C@H](O)[C@H]2O)[C@H](N)[C@@H](O)[C@@H]1O. The summed E-state index contributed by atoms with van der Waals surface area (Å²) in [5.74, 6) is 0.253. The van der Waals surface area contributed by atoms with Crippen LogP contribution in [0, 0.1) is 5.41 Å². The molecule has 17 nitrogen and oxygen atoms in total. The van der Waals surface area contributed by atoms with E-state index in [1.165, 1.54) is 0 Å². The summed E-state index contributed by atoms with van der Waals surface area (Å²) in [7, 11) is 0. The molecule has 1 aliphatic carbocycles. The van der Waals surface area contributed by atoms with Crippen molar-refractivity contribution in [3.8, 4) is 0 Å². The number of hydrogen-bond acceptors (Lipinski definition) is 15. The maximum atomic E-state index is 12.4. The number of hydrogen-bond donors (Lipinski definition) is 12. The van der Waals surface area contributed by atoms with Crippen LogP contribution in [0.25, 0.3) is 0 Å². The number of carbonyl (C=O) groups is 3. The van der Waals surface area contributed by atoms with Gasteiger partial charge in [0.25, 0.3) is 0 Å². The number of amides is 3. The van der Waals surface area contributed by atoms with Crippen molar-refractivity contribution in [2.24, 2.45) is 22.6 Å². The Bertz CT molecular complexity index is 969. The fourth-order valence-electron chi connectivity index (χ4n) is 4.95. The fourth-order valence-corrected chi connectivity index (χ4v) is 5.81. The van der Waals surface area contributed by atoms with Crippen LogP contribution in [0.1, 0.15) is 46.0 Å². The number of rotatable bonds is 18. The highest BCUT2D eigenvalue weighted by Crippen LogP contribution is 2.27. The Morgan fingerprint density at radius 2 is 1.57 bits per heavy atom. The minimum atomic E-state index is -1.45. The van der Waals surface area contributed by atoms with Gasteiger partial charge in [0.1, 0.15) is 36.6 Å². The van der Waals surface area contributed by atoms with Gasteiger partial charge in [-0.05, 0) is 25.0 Å². The summed E-state index contributed by atoms with van der Waals surface area (Å²) in [4.78, 5) is 36.2. The van der Waals surface area contributed by atoms with Gasteiger partial charge in [-0.2, -0.15) is 11.8 Å². The lowest BCUT2D eigenvalue weighted by molar-refractivity contribution is -0.288. The van der Waals surface area contributed by atoms with Crippen molar-refractivity contribution in [3.05, 3.63) is 0 Å². The summed E-state index contributed by atoms with van der Waals surface area (Å²) < 4.78 is 11.5. The number of nitrogens with one attached hydrogen (secondary N) is 3. The molecule has 1 saturated heterocycles. The molecule has 2 aliphatic rings. The molecule has 1 saturated carbocycles. The van der Waals surface area contributed by atoms with E-state index in [9.17, 15) is 45.0 Å². The largest absolute Gasteiger partial charge is 0.396 e. The molecule has 0 bridgehead atoms. The highest BCUT2D eigenvalue weighted by molar-refractivity contribution is 7.99. The molecule has 0 spiro atoms. The van der Waals surface area contributed by atoms with E-state index in [4.69, 9.17) is 26.7 Å². The Kier molecular flexibility index (Phi) is 17.0. The Balaban J connectivity index is 1.59. The Morgan fingerprint density at radius 3 is 2.24 bits per heavy atom. The molecule has 268 valence electrons. The normalized spacial score (nSPS) is 32.4. The van der Waals surface area contributed by atoms with Crippen LogP contribution in [0.3, 0.4) is 0 Å². The number of aliphatic hydroxyl groups excluding tert-OH is 6. The lowest BCUT2D eigenvalue weighted by Gasteiger charge is -2.45. The molecule has 1 aliphatic heterocycles. The topological polar surface area (TPSA) is 305 Å². The van der Waals surface area contributed by atoms with E-state index in [0.29, 0.717) is 18.7 Å². The second-order valence-corrected chi connectivity index (χ2v) is 13.8. The zero-order valence-electron chi connectivity index (χ0n) is 26.5. The van der Waals surface area contributed by atoms with Crippen molar-refractivity contribution in [1.82, 2.24) is 16.0 Å². The third-order valence-electron chi connectivity index (χ3n) is 8.19. The highest BCUT2D eigenvalue weighted by atomic mass is 32.2. The van der Waals surface area contributed by atoms with Crippen LogP contribution in [0.4, 0.5) is 0 Å². The van der Waals surface area contributed by atoms with E-state index in [0.717, 1.165) is 12.2 Å². The van der Waals surface area contributed by atoms with E-state index >= 15 is 0 Å². The second kappa shape index (κ2) is 19.4. The molecule has 15 N–H and O–H groups in total. The Labute approximate surface area is 273 Å². The van der Waals surface area contributed by atoms with Crippen molar-refractivity contribution in [2.45, 2.75) is 113 Å². The van der Waals surface area contributed by atoms with Crippen molar-refractivity contribution in [2.75, 3.05) is 37.7 Å². The number of aliphatic hydroxyl groups is 6. The standard InChI is InChI=1S/C28H54N6O11S/c1-28(2,13-35)25(42)26(43)33-7-6-18(37)32-8-10-46-9-4-3-5-17(36)34-12-16-21(39)22(40)19(31)27(44-16)45-24-15(30)11-14(29)20(38)23(24)41/h14-16,19-25,27,35,38-42H,3-13,29-31H2,1-2H3,(H,32,37)(H,33,43)(H,34,36)/t14-,15+,16-,19-,20+,21-,22-,23-,24?,25+,27-/m1/s1. The Morgan fingerprint density at radius 1 is 0.891 bits per heavy atom. The summed E-state index contributed by atoms with van der Waals surface area (Å²) in [5.41, 5.74) is 16.8. The minimum Gasteiger partial charge on any atom is -0.396 e. The van der Waals surface area contributed by atoms with Crippen LogP contribution in [-0.4, -0.2) is 153 Å². The highest BCUT2D eigenvalue weighted by Gasteiger charge is 2.48. The number of unbranched alkanes of at least 4 members (excludes halogenated alkanes) is 1. The van der Waals surface area contributed by atoms with Gasteiger partial charge in [-0.25, -0.2) is 0 Å². The summed E-state index contributed by atoms with van der Waals surface area (Å²) >= 11 is 1.61. The Hall–Kier alpha value is -1.68. The molecular weight excluding hydrogens is 628 g/mol. The smallest absolute Gasteiger partial charge is 0.249 e. The zero-order valence-corrected chi connectivity index (χ0v) is 27.3. The average Bonchev–Trinajstić information content (AvgIpc) is 3.01. The molecule has 2 fully saturated rings. The molecule has 0 radical (unpaired) electrons. The van der Waals surface area contributed by atoms with Crippen LogP contribution in [0.5, 0.6) is 0 Å². The predicted molar refractivity (Wildman–Crippen MR) is 168 cm³/mol. The predicted octanol–water partition coefficient (Wildman–Crippen LogP) is -5.05. The fraction of sp³-hybridized carbons (Fsp3) is 0.893. The minimum absolute atomic E-state index is 0.0529. The van der Waals surface area contributed by atoms with Gasteiger partial charge in [-0.15, -0.1) is 0 Å². The molecule has 1 heterocycles. The van der Waals surface area contributed by atoms with Crippen molar-refractivity contribution in [1.29, 1.82) is 0 Å². The molecule has 11 atom stereocenters. The van der Waals surface area contributed by atoms with Gasteiger partial charge in [0.15, 0.2) is 6.29 Å². The lowest BCUT2D eigenvalue weighted by Crippen LogP contribution is -2.67. The van der Waals surface area contributed by atoms with Gasteiger partial charge in [0, 0.05) is 55.7 Å². The maximum absolute atomic E-state index is 12.4.